The van der Waals surface area contributed by atoms with Crippen LogP contribution in [0.15, 0.2) is 36.4 Å². The first-order valence-corrected chi connectivity index (χ1v) is 9.35. The molecule has 3 rings (SSSR count). The number of rotatable bonds is 4. The first-order chi connectivity index (χ1) is 13.0. The molecule has 0 unspecified atom stereocenters. The van der Waals surface area contributed by atoms with Gasteiger partial charge in [-0.3, -0.25) is 9.59 Å². The molecular formula is C21H26N4O2. The largest absolute Gasteiger partial charge is 0.335 e. The van der Waals surface area contributed by atoms with E-state index in [0.717, 1.165) is 30.9 Å². The lowest BCUT2D eigenvalue weighted by molar-refractivity contribution is 0.0637. The zero-order chi connectivity index (χ0) is 19.4. The fourth-order valence-electron chi connectivity index (χ4n) is 3.12. The van der Waals surface area contributed by atoms with Crippen LogP contribution in [0.3, 0.4) is 0 Å². The number of pyridine rings is 1. The van der Waals surface area contributed by atoms with Crippen molar-refractivity contribution in [2.75, 3.05) is 38.0 Å². The second-order valence-corrected chi connectivity index (χ2v) is 6.89. The summed E-state index contributed by atoms with van der Waals surface area (Å²) in [7, 11) is 0. The van der Waals surface area contributed by atoms with Crippen molar-refractivity contribution in [3.8, 4) is 0 Å². The summed E-state index contributed by atoms with van der Waals surface area (Å²) in [4.78, 5) is 33.7. The van der Waals surface area contributed by atoms with Crippen LogP contribution < -0.4 is 5.32 Å². The lowest BCUT2D eigenvalue weighted by Gasteiger charge is -2.33. The molecule has 1 aromatic heterocycles. The van der Waals surface area contributed by atoms with Gasteiger partial charge in [0.2, 0.25) is 0 Å². The van der Waals surface area contributed by atoms with E-state index in [1.54, 1.807) is 23.1 Å². The zero-order valence-corrected chi connectivity index (χ0v) is 16.2. The maximum atomic E-state index is 12.7. The van der Waals surface area contributed by atoms with Crippen LogP contribution in [0.1, 0.15) is 39.0 Å². The van der Waals surface area contributed by atoms with Crippen LogP contribution in [0, 0.1) is 13.8 Å². The number of nitrogens with zero attached hydrogens (tertiary/aromatic N) is 3. The van der Waals surface area contributed by atoms with E-state index >= 15 is 0 Å². The SMILES string of the molecule is CCN1CCN(C(=O)c2cccc(C(=O)Nc3ccc(C)c(C)c3)n2)CC1. The summed E-state index contributed by atoms with van der Waals surface area (Å²) in [6.45, 7) is 10.3. The summed E-state index contributed by atoms with van der Waals surface area (Å²) >= 11 is 0. The van der Waals surface area contributed by atoms with Crippen LogP contribution in [0.2, 0.25) is 0 Å². The molecule has 0 saturated carbocycles. The third kappa shape index (κ3) is 4.52. The van der Waals surface area contributed by atoms with Gasteiger partial charge in [-0.15, -0.1) is 0 Å². The van der Waals surface area contributed by atoms with Gasteiger partial charge < -0.3 is 15.1 Å². The van der Waals surface area contributed by atoms with Gasteiger partial charge in [-0.1, -0.05) is 19.1 Å². The summed E-state index contributed by atoms with van der Waals surface area (Å²) in [6, 6.07) is 10.8. The minimum atomic E-state index is -0.316. The maximum absolute atomic E-state index is 12.7. The van der Waals surface area contributed by atoms with E-state index in [4.69, 9.17) is 0 Å². The number of aryl methyl sites for hydroxylation is 2. The molecule has 27 heavy (non-hydrogen) atoms. The van der Waals surface area contributed by atoms with Crippen LogP contribution in [-0.2, 0) is 0 Å². The van der Waals surface area contributed by atoms with Crippen molar-refractivity contribution < 1.29 is 9.59 Å². The average molecular weight is 366 g/mol. The van der Waals surface area contributed by atoms with Gasteiger partial charge in [-0.05, 0) is 55.8 Å². The first-order valence-electron chi connectivity index (χ1n) is 9.35. The molecule has 1 fully saturated rings. The lowest BCUT2D eigenvalue weighted by atomic mass is 10.1. The molecule has 1 aliphatic rings. The predicted octanol–water partition coefficient (Wildman–Crippen LogP) is 2.73. The standard InChI is InChI=1S/C21H26N4O2/c1-4-24-10-12-25(13-11-24)21(27)19-7-5-6-18(23-19)20(26)22-17-9-8-15(2)16(3)14-17/h5-9,14H,4,10-13H2,1-3H3,(H,22,26). The molecule has 0 aliphatic carbocycles. The fourth-order valence-corrected chi connectivity index (χ4v) is 3.12. The number of amides is 2. The van der Waals surface area contributed by atoms with Crippen LogP contribution >= 0.6 is 0 Å². The van der Waals surface area contributed by atoms with Gasteiger partial charge in [0.25, 0.3) is 11.8 Å². The highest BCUT2D eigenvalue weighted by molar-refractivity contribution is 6.03. The molecule has 0 spiro atoms. The number of carbonyl (C=O) groups is 2. The smallest absolute Gasteiger partial charge is 0.274 e. The number of carbonyl (C=O) groups excluding carboxylic acids is 2. The van der Waals surface area contributed by atoms with Gasteiger partial charge in [-0.25, -0.2) is 4.98 Å². The zero-order valence-electron chi connectivity index (χ0n) is 16.2. The number of piperazine rings is 1. The van der Waals surface area contributed by atoms with Gasteiger partial charge in [0.15, 0.2) is 0 Å². The number of hydrogen-bond donors (Lipinski definition) is 1. The Hall–Kier alpha value is -2.73. The molecule has 1 N–H and O–H groups in total. The molecule has 0 bridgehead atoms. The van der Waals surface area contributed by atoms with E-state index < -0.39 is 0 Å². The predicted molar refractivity (Wildman–Crippen MR) is 106 cm³/mol. The number of likely N-dealkylation sites (N-methyl/N-ethyl adjacent to an activating group) is 1. The van der Waals surface area contributed by atoms with Crippen molar-refractivity contribution >= 4 is 17.5 Å². The molecule has 2 aromatic rings. The van der Waals surface area contributed by atoms with Gasteiger partial charge in [-0.2, -0.15) is 0 Å². The van der Waals surface area contributed by atoms with E-state index in [1.165, 1.54) is 5.56 Å². The number of aromatic nitrogens is 1. The molecule has 2 amide bonds. The topological polar surface area (TPSA) is 65.5 Å². The van der Waals surface area contributed by atoms with Crippen molar-refractivity contribution in [3.05, 3.63) is 58.9 Å². The Morgan fingerprint density at radius 2 is 1.70 bits per heavy atom. The lowest BCUT2D eigenvalue weighted by Crippen LogP contribution is -2.48. The van der Waals surface area contributed by atoms with Crippen LogP contribution in [-0.4, -0.2) is 59.3 Å². The fraction of sp³-hybridized carbons (Fsp3) is 0.381. The number of nitrogens with one attached hydrogen (secondary N) is 1. The highest BCUT2D eigenvalue weighted by Crippen LogP contribution is 2.15. The Balaban J connectivity index is 1.70. The summed E-state index contributed by atoms with van der Waals surface area (Å²) in [6.07, 6.45) is 0. The third-order valence-corrected chi connectivity index (χ3v) is 5.07. The number of hydrogen-bond acceptors (Lipinski definition) is 4. The van der Waals surface area contributed by atoms with Crippen molar-refractivity contribution in [1.82, 2.24) is 14.8 Å². The van der Waals surface area contributed by atoms with E-state index in [1.807, 2.05) is 32.0 Å². The highest BCUT2D eigenvalue weighted by Gasteiger charge is 2.23. The Morgan fingerprint density at radius 3 is 2.37 bits per heavy atom. The summed E-state index contributed by atoms with van der Waals surface area (Å²) in [5, 5.41) is 2.85. The number of benzene rings is 1. The van der Waals surface area contributed by atoms with Crippen LogP contribution in [0.25, 0.3) is 0 Å². The van der Waals surface area contributed by atoms with Gasteiger partial charge in [0.1, 0.15) is 11.4 Å². The monoisotopic (exact) mass is 366 g/mol. The second-order valence-electron chi connectivity index (χ2n) is 6.89. The van der Waals surface area contributed by atoms with Crippen LogP contribution in [0.5, 0.6) is 0 Å². The minimum Gasteiger partial charge on any atom is -0.335 e. The highest BCUT2D eigenvalue weighted by atomic mass is 16.2. The molecule has 2 heterocycles. The van der Waals surface area contributed by atoms with Crippen molar-refractivity contribution in [2.24, 2.45) is 0 Å². The third-order valence-electron chi connectivity index (χ3n) is 5.07. The summed E-state index contributed by atoms with van der Waals surface area (Å²) in [5.41, 5.74) is 3.55. The quantitative estimate of drug-likeness (QED) is 0.904. The van der Waals surface area contributed by atoms with Gasteiger partial charge in [0.05, 0.1) is 0 Å². The Bertz CT molecular complexity index is 842. The van der Waals surface area contributed by atoms with Crippen LogP contribution in [0.4, 0.5) is 5.69 Å². The minimum absolute atomic E-state index is 0.119. The van der Waals surface area contributed by atoms with Gasteiger partial charge in [0, 0.05) is 31.9 Å². The molecular weight excluding hydrogens is 340 g/mol. The number of anilines is 1. The second kappa shape index (κ2) is 8.31. The molecule has 6 nitrogen and oxygen atoms in total. The van der Waals surface area contributed by atoms with Gasteiger partial charge >= 0.3 is 0 Å². The van der Waals surface area contributed by atoms with E-state index in [2.05, 4.69) is 22.1 Å². The Labute approximate surface area is 160 Å². The maximum Gasteiger partial charge on any atom is 0.274 e. The van der Waals surface area contributed by atoms with Crippen molar-refractivity contribution in [3.63, 3.8) is 0 Å². The van der Waals surface area contributed by atoms with E-state index in [0.29, 0.717) is 18.8 Å². The molecule has 0 radical (unpaired) electrons. The van der Waals surface area contributed by atoms with Crippen molar-refractivity contribution in [1.29, 1.82) is 0 Å². The Kier molecular flexibility index (Phi) is 5.86. The van der Waals surface area contributed by atoms with Crippen molar-refractivity contribution in [2.45, 2.75) is 20.8 Å². The molecule has 0 atom stereocenters. The molecule has 1 aromatic carbocycles. The van der Waals surface area contributed by atoms with E-state index in [-0.39, 0.29) is 17.5 Å². The normalized spacial score (nSPS) is 14.9. The molecule has 1 aliphatic heterocycles. The molecule has 6 heteroatoms. The Morgan fingerprint density at radius 1 is 1.00 bits per heavy atom. The summed E-state index contributed by atoms with van der Waals surface area (Å²) < 4.78 is 0. The molecule has 142 valence electrons. The summed E-state index contributed by atoms with van der Waals surface area (Å²) in [5.74, 6) is -0.435. The molecule has 1 saturated heterocycles. The van der Waals surface area contributed by atoms with E-state index in [9.17, 15) is 9.59 Å². The average Bonchev–Trinajstić information content (AvgIpc) is 2.70. The first kappa shape index (κ1) is 19.0.